The summed E-state index contributed by atoms with van der Waals surface area (Å²) in [6.45, 7) is 13.4. The molecule has 0 bridgehead atoms. The molecule has 0 aromatic rings. The lowest BCUT2D eigenvalue weighted by Gasteiger charge is -2.08. The number of unbranched alkanes of at least 4 members (excludes halogenated alkanes) is 17. The molecular formula is C35H72O7. The molecule has 0 unspecified atom stereocenters. The van der Waals surface area contributed by atoms with Gasteiger partial charge in [0.1, 0.15) is 0 Å². The van der Waals surface area contributed by atoms with Crippen molar-refractivity contribution in [3.05, 3.63) is 0 Å². The quantitative estimate of drug-likeness (QED) is 0.0651. The summed E-state index contributed by atoms with van der Waals surface area (Å²) in [5.41, 5.74) is 0. The average Bonchev–Trinajstić information content (AvgIpc) is 3.00. The molecule has 0 spiro atoms. The Bertz CT molecular complexity index is 413. The summed E-state index contributed by atoms with van der Waals surface area (Å²) in [4.78, 5) is 0. The minimum Gasteiger partial charge on any atom is -0.379 e. The van der Waals surface area contributed by atoms with E-state index in [1.807, 2.05) is 0 Å². The molecule has 42 heavy (non-hydrogen) atoms. The first-order valence-electron chi connectivity index (χ1n) is 18.0. The zero-order valence-electron chi connectivity index (χ0n) is 28.2. The van der Waals surface area contributed by atoms with Gasteiger partial charge in [-0.2, -0.15) is 0 Å². The van der Waals surface area contributed by atoms with Crippen molar-refractivity contribution in [3.63, 3.8) is 0 Å². The fourth-order valence-electron chi connectivity index (χ4n) is 4.63. The normalized spacial score (nSPS) is 11.6. The molecule has 0 atom stereocenters. The SMILES string of the molecule is CCCCCCCCCCCCCCCCOCCOCCOCCOCCOCCOCCOCCCCCCC. The molecule has 0 aromatic heterocycles. The highest BCUT2D eigenvalue weighted by atomic mass is 16.6. The first-order valence-corrected chi connectivity index (χ1v) is 18.0. The maximum Gasteiger partial charge on any atom is 0.0701 e. The Morgan fingerprint density at radius 1 is 0.190 bits per heavy atom. The number of rotatable bonds is 39. The van der Waals surface area contributed by atoms with Gasteiger partial charge in [-0.25, -0.2) is 0 Å². The smallest absolute Gasteiger partial charge is 0.0701 e. The van der Waals surface area contributed by atoms with Crippen LogP contribution in [0.4, 0.5) is 0 Å². The molecule has 0 aromatic carbocycles. The summed E-state index contributed by atoms with van der Waals surface area (Å²) >= 11 is 0. The summed E-state index contributed by atoms with van der Waals surface area (Å²) in [5.74, 6) is 0. The van der Waals surface area contributed by atoms with Gasteiger partial charge in [0.15, 0.2) is 0 Å². The maximum atomic E-state index is 5.68. The summed E-state index contributed by atoms with van der Waals surface area (Å²) < 4.78 is 38.9. The summed E-state index contributed by atoms with van der Waals surface area (Å²) in [6.07, 6.45) is 25.7. The molecule has 0 heterocycles. The van der Waals surface area contributed by atoms with Crippen LogP contribution >= 0.6 is 0 Å². The van der Waals surface area contributed by atoms with Crippen molar-refractivity contribution in [2.75, 3.05) is 92.5 Å². The highest BCUT2D eigenvalue weighted by molar-refractivity contribution is 4.49. The van der Waals surface area contributed by atoms with E-state index in [9.17, 15) is 0 Å². The van der Waals surface area contributed by atoms with Crippen molar-refractivity contribution in [1.82, 2.24) is 0 Å². The Morgan fingerprint density at radius 3 is 0.571 bits per heavy atom. The van der Waals surface area contributed by atoms with Gasteiger partial charge in [0, 0.05) is 13.2 Å². The summed E-state index contributed by atoms with van der Waals surface area (Å²) in [5, 5.41) is 0. The Morgan fingerprint density at radius 2 is 0.357 bits per heavy atom. The number of ether oxygens (including phenoxy) is 7. The minimum atomic E-state index is 0.567. The van der Waals surface area contributed by atoms with Crippen molar-refractivity contribution < 1.29 is 33.2 Å². The van der Waals surface area contributed by atoms with E-state index in [0.29, 0.717) is 79.3 Å². The van der Waals surface area contributed by atoms with Crippen LogP contribution in [0.25, 0.3) is 0 Å². The van der Waals surface area contributed by atoms with Gasteiger partial charge < -0.3 is 33.2 Å². The van der Waals surface area contributed by atoms with Crippen LogP contribution in [0.1, 0.15) is 136 Å². The minimum absolute atomic E-state index is 0.567. The molecule has 7 heteroatoms. The van der Waals surface area contributed by atoms with Crippen LogP contribution in [-0.2, 0) is 33.2 Å². The van der Waals surface area contributed by atoms with E-state index in [0.717, 1.165) is 26.1 Å². The van der Waals surface area contributed by atoms with Crippen molar-refractivity contribution >= 4 is 0 Å². The predicted molar refractivity (Wildman–Crippen MR) is 175 cm³/mol. The van der Waals surface area contributed by atoms with Crippen LogP contribution in [0, 0.1) is 0 Å². The van der Waals surface area contributed by atoms with Gasteiger partial charge in [-0.3, -0.25) is 0 Å². The Hall–Kier alpha value is -0.280. The second-order valence-corrected chi connectivity index (χ2v) is 11.3. The Kier molecular flexibility index (Phi) is 40.4. The highest BCUT2D eigenvalue weighted by Crippen LogP contribution is 2.13. The third-order valence-electron chi connectivity index (χ3n) is 7.27. The Balaban J connectivity index is 3.02. The third kappa shape index (κ3) is 39.7. The lowest BCUT2D eigenvalue weighted by Crippen LogP contribution is -2.14. The molecule has 0 saturated carbocycles. The van der Waals surface area contributed by atoms with Gasteiger partial charge in [0.05, 0.1) is 79.3 Å². The molecular weight excluding hydrogens is 532 g/mol. The number of hydrogen-bond acceptors (Lipinski definition) is 7. The van der Waals surface area contributed by atoms with E-state index in [1.54, 1.807) is 0 Å². The summed E-state index contributed by atoms with van der Waals surface area (Å²) in [6, 6.07) is 0. The van der Waals surface area contributed by atoms with Crippen molar-refractivity contribution in [2.24, 2.45) is 0 Å². The zero-order valence-corrected chi connectivity index (χ0v) is 28.2. The van der Waals surface area contributed by atoms with Gasteiger partial charge >= 0.3 is 0 Å². The predicted octanol–water partition coefficient (Wildman–Crippen LogP) is 8.55. The van der Waals surface area contributed by atoms with Crippen LogP contribution < -0.4 is 0 Å². The van der Waals surface area contributed by atoms with E-state index in [1.165, 1.54) is 109 Å². The van der Waals surface area contributed by atoms with Crippen molar-refractivity contribution in [1.29, 1.82) is 0 Å². The molecule has 254 valence electrons. The first-order chi connectivity index (χ1) is 20.9. The second-order valence-electron chi connectivity index (χ2n) is 11.3. The van der Waals surface area contributed by atoms with Gasteiger partial charge in [-0.05, 0) is 12.8 Å². The van der Waals surface area contributed by atoms with E-state index in [4.69, 9.17) is 33.2 Å². The molecule has 0 saturated heterocycles. The van der Waals surface area contributed by atoms with Gasteiger partial charge in [-0.15, -0.1) is 0 Å². The Labute approximate surface area is 261 Å². The van der Waals surface area contributed by atoms with Crippen LogP contribution in [0.2, 0.25) is 0 Å². The molecule has 0 N–H and O–H groups in total. The maximum absolute atomic E-state index is 5.68. The van der Waals surface area contributed by atoms with E-state index < -0.39 is 0 Å². The molecule has 0 fully saturated rings. The summed E-state index contributed by atoms with van der Waals surface area (Å²) in [7, 11) is 0. The van der Waals surface area contributed by atoms with Crippen LogP contribution in [0.5, 0.6) is 0 Å². The zero-order chi connectivity index (χ0) is 30.3. The fourth-order valence-corrected chi connectivity index (χ4v) is 4.63. The first kappa shape index (κ1) is 41.7. The van der Waals surface area contributed by atoms with Crippen molar-refractivity contribution in [3.8, 4) is 0 Å². The lowest BCUT2D eigenvalue weighted by atomic mass is 10.0. The standard InChI is InChI=1S/C35H72O7/c1-3-5-7-9-10-11-12-13-14-15-16-17-19-21-23-37-25-27-39-29-31-41-33-35-42-34-32-40-30-28-38-26-24-36-22-20-18-8-6-4-2/h3-35H2,1-2H3. The van der Waals surface area contributed by atoms with Gasteiger partial charge in [0.25, 0.3) is 0 Å². The van der Waals surface area contributed by atoms with Gasteiger partial charge in [0.2, 0.25) is 0 Å². The second kappa shape index (κ2) is 40.7. The molecule has 0 aliphatic carbocycles. The topological polar surface area (TPSA) is 64.6 Å². The van der Waals surface area contributed by atoms with Crippen LogP contribution in [-0.4, -0.2) is 92.5 Å². The average molecular weight is 605 g/mol. The third-order valence-corrected chi connectivity index (χ3v) is 7.27. The van der Waals surface area contributed by atoms with Crippen LogP contribution in [0.3, 0.4) is 0 Å². The fraction of sp³-hybridized carbons (Fsp3) is 1.00. The monoisotopic (exact) mass is 605 g/mol. The van der Waals surface area contributed by atoms with Crippen LogP contribution in [0.15, 0.2) is 0 Å². The van der Waals surface area contributed by atoms with Crippen molar-refractivity contribution in [2.45, 2.75) is 136 Å². The van der Waals surface area contributed by atoms with E-state index in [2.05, 4.69) is 13.8 Å². The molecule has 0 rings (SSSR count). The molecule has 7 nitrogen and oxygen atoms in total. The van der Waals surface area contributed by atoms with Gasteiger partial charge in [-0.1, -0.05) is 123 Å². The van der Waals surface area contributed by atoms with E-state index >= 15 is 0 Å². The van der Waals surface area contributed by atoms with E-state index in [-0.39, 0.29) is 0 Å². The highest BCUT2D eigenvalue weighted by Gasteiger charge is 1.97. The molecule has 0 radical (unpaired) electrons. The lowest BCUT2D eigenvalue weighted by molar-refractivity contribution is -0.0206. The largest absolute Gasteiger partial charge is 0.379 e. The number of hydrogen-bond donors (Lipinski definition) is 0. The molecule has 0 aliphatic heterocycles. The molecule has 0 amide bonds. The molecule has 0 aliphatic rings.